The molecule has 0 radical (unpaired) electrons. The van der Waals surface area contributed by atoms with E-state index in [4.69, 9.17) is 11.6 Å². The summed E-state index contributed by atoms with van der Waals surface area (Å²) < 4.78 is 3.57. The topological polar surface area (TPSA) is 35.6 Å². The summed E-state index contributed by atoms with van der Waals surface area (Å²) in [5.41, 5.74) is 1.94. The lowest BCUT2D eigenvalue weighted by molar-refractivity contribution is 0.753. The number of rotatable bonds is 1. The van der Waals surface area contributed by atoms with Crippen molar-refractivity contribution in [2.45, 2.75) is 0 Å². The van der Waals surface area contributed by atoms with Gasteiger partial charge in [0.1, 0.15) is 11.3 Å². The van der Waals surface area contributed by atoms with E-state index in [1.165, 1.54) is 0 Å². The van der Waals surface area contributed by atoms with E-state index < -0.39 is 0 Å². The first-order valence-electron chi connectivity index (χ1n) is 4.87. The molecule has 0 N–H and O–H groups in total. The number of imidazole rings is 1. The van der Waals surface area contributed by atoms with Gasteiger partial charge >= 0.3 is 0 Å². The number of aromatic nitrogens is 4. The number of hydrogen-bond acceptors (Lipinski definition) is 2. The Balaban J connectivity index is 2.30. The number of nitrogens with zero attached hydrogens (tertiary/aromatic N) is 4. The first kappa shape index (κ1) is 9.42. The maximum Gasteiger partial charge on any atom is 0.179 e. The number of para-hydroxylation sites is 2. The molecule has 4 nitrogen and oxygen atoms in total. The van der Waals surface area contributed by atoms with Gasteiger partial charge in [0, 0.05) is 13.2 Å². The highest BCUT2D eigenvalue weighted by atomic mass is 35.5. The van der Waals surface area contributed by atoms with Crippen LogP contribution in [0.5, 0.6) is 0 Å². The molecule has 80 valence electrons. The number of aryl methyl sites for hydroxylation is 1. The highest BCUT2D eigenvalue weighted by molar-refractivity contribution is 6.32. The van der Waals surface area contributed by atoms with Crippen LogP contribution in [-0.2, 0) is 7.05 Å². The lowest BCUT2D eigenvalue weighted by Gasteiger charge is -1.99. The van der Waals surface area contributed by atoms with Crippen LogP contribution in [0.15, 0.2) is 36.8 Å². The summed E-state index contributed by atoms with van der Waals surface area (Å²) in [6.07, 6.45) is 3.50. The minimum Gasteiger partial charge on any atom is -0.280 e. The maximum absolute atomic E-state index is 6.10. The smallest absolute Gasteiger partial charge is 0.179 e. The molecular weight excluding hydrogens is 224 g/mol. The first-order chi connectivity index (χ1) is 7.75. The lowest BCUT2D eigenvalue weighted by Crippen LogP contribution is -1.95. The van der Waals surface area contributed by atoms with Crippen LogP contribution in [0.25, 0.3) is 16.9 Å². The van der Waals surface area contributed by atoms with Crippen LogP contribution in [0.1, 0.15) is 0 Å². The number of halogens is 1. The van der Waals surface area contributed by atoms with E-state index in [9.17, 15) is 0 Å². The highest BCUT2D eigenvalue weighted by Gasteiger charge is 2.10. The molecule has 0 amide bonds. The molecule has 5 heteroatoms. The van der Waals surface area contributed by atoms with Gasteiger partial charge in [-0.25, -0.2) is 4.98 Å². The summed E-state index contributed by atoms with van der Waals surface area (Å²) in [7, 11) is 1.84. The molecule has 0 saturated heterocycles. The average Bonchev–Trinajstić information content (AvgIpc) is 2.81. The molecule has 16 heavy (non-hydrogen) atoms. The summed E-state index contributed by atoms with van der Waals surface area (Å²) in [6.45, 7) is 0. The van der Waals surface area contributed by atoms with E-state index in [-0.39, 0.29) is 0 Å². The van der Waals surface area contributed by atoms with Gasteiger partial charge in [0.25, 0.3) is 0 Å². The second-order valence-electron chi connectivity index (χ2n) is 3.58. The van der Waals surface area contributed by atoms with E-state index in [0.29, 0.717) is 10.8 Å². The predicted octanol–water partition coefficient (Wildman–Crippen LogP) is 2.41. The monoisotopic (exact) mass is 232 g/mol. The Morgan fingerprint density at radius 3 is 2.81 bits per heavy atom. The number of benzene rings is 1. The Morgan fingerprint density at radius 2 is 2.06 bits per heavy atom. The summed E-state index contributed by atoms with van der Waals surface area (Å²) in [5, 5.41) is 4.93. The van der Waals surface area contributed by atoms with Gasteiger partial charge in [0.2, 0.25) is 0 Å². The van der Waals surface area contributed by atoms with Crippen molar-refractivity contribution < 1.29 is 0 Å². The molecule has 3 rings (SSSR count). The molecule has 1 aromatic carbocycles. The number of hydrogen-bond donors (Lipinski definition) is 0. The van der Waals surface area contributed by atoms with Crippen LogP contribution >= 0.6 is 11.6 Å². The summed E-state index contributed by atoms with van der Waals surface area (Å²) in [4.78, 5) is 4.30. The van der Waals surface area contributed by atoms with Crippen molar-refractivity contribution in [2.24, 2.45) is 7.05 Å². The molecule has 0 unspecified atom stereocenters. The van der Waals surface area contributed by atoms with E-state index >= 15 is 0 Å². The third-order valence-electron chi connectivity index (χ3n) is 2.45. The Morgan fingerprint density at radius 1 is 1.25 bits per heavy atom. The summed E-state index contributed by atoms with van der Waals surface area (Å²) >= 11 is 6.10. The van der Waals surface area contributed by atoms with Crippen molar-refractivity contribution in [3.8, 4) is 5.82 Å². The molecule has 3 aromatic rings. The molecule has 2 aromatic heterocycles. The van der Waals surface area contributed by atoms with Crippen LogP contribution in [-0.4, -0.2) is 19.3 Å². The van der Waals surface area contributed by atoms with Crippen molar-refractivity contribution in [1.82, 2.24) is 19.3 Å². The molecular formula is C11H9ClN4. The summed E-state index contributed by atoms with van der Waals surface area (Å²) in [6, 6.07) is 7.88. The fourth-order valence-corrected chi connectivity index (χ4v) is 2.01. The van der Waals surface area contributed by atoms with Crippen LogP contribution in [0, 0.1) is 0 Å². The van der Waals surface area contributed by atoms with Crippen LogP contribution in [0.4, 0.5) is 0 Å². The maximum atomic E-state index is 6.10. The van der Waals surface area contributed by atoms with Crippen molar-refractivity contribution in [2.75, 3.05) is 0 Å². The van der Waals surface area contributed by atoms with E-state index in [2.05, 4.69) is 10.1 Å². The van der Waals surface area contributed by atoms with Crippen LogP contribution in [0.2, 0.25) is 5.02 Å². The van der Waals surface area contributed by atoms with Crippen molar-refractivity contribution >= 4 is 22.6 Å². The van der Waals surface area contributed by atoms with Gasteiger partial charge in [-0.05, 0) is 12.1 Å². The largest absolute Gasteiger partial charge is 0.280 e. The fourth-order valence-electron chi connectivity index (χ4n) is 1.74. The van der Waals surface area contributed by atoms with Gasteiger partial charge in [-0.3, -0.25) is 9.25 Å². The molecule has 0 aliphatic carbocycles. The molecule has 0 fully saturated rings. The van der Waals surface area contributed by atoms with Gasteiger partial charge in [0.15, 0.2) is 5.82 Å². The van der Waals surface area contributed by atoms with Crippen molar-refractivity contribution in [3.05, 3.63) is 41.8 Å². The van der Waals surface area contributed by atoms with Gasteiger partial charge in [0.05, 0.1) is 11.0 Å². The normalized spacial score (nSPS) is 11.1. The predicted molar refractivity (Wildman–Crippen MR) is 62.8 cm³/mol. The second-order valence-corrected chi connectivity index (χ2v) is 3.98. The second kappa shape index (κ2) is 3.35. The molecule has 2 heterocycles. The van der Waals surface area contributed by atoms with E-state index in [0.717, 1.165) is 11.0 Å². The quantitative estimate of drug-likeness (QED) is 0.646. The Hall–Kier alpha value is -1.81. The van der Waals surface area contributed by atoms with Crippen molar-refractivity contribution in [1.29, 1.82) is 0 Å². The van der Waals surface area contributed by atoms with Gasteiger partial charge in [-0.15, -0.1) is 0 Å². The highest BCUT2D eigenvalue weighted by Crippen LogP contribution is 2.22. The zero-order chi connectivity index (χ0) is 11.1. The average molecular weight is 233 g/mol. The molecule has 0 saturated carbocycles. The van der Waals surface area contributed by atoms with Crippen LogP contribution in [0.3, 0.4) is 0 Å². The third-order valence-corrected chi connectivity index (χ3v) is 2.71. The standard InChI is InChI=1S/C11H9ClN4/c1-15-6-8(12)11(14-15)16-7-13-9-4-2-3-5-10(9)16/h2-7H,1H3. The van der Waals surface area contributed by atoms with E-state index in [1.807, 2.05) is 35.9 Å². The summed E-state index contributed by atoms with van der Waals surface area (Å²) in [5.74, 6) is 0.706. The van der Waals surface area contributed by atoms with Crippen LogP contribution < -0.4 is 0 Å². The SMILES string of the molecule is Cn1cc(Cl)c(-n2cnc3ccccc32)n1. The zero-order valence-corrected chi connectivity index (χ0v) is 9.39. The minimum absolute atomic E-state index is 0.616. The van der Waals surface area contributed by atoms with Crippen molar-refractivity contribution in [3.63, 3.8) is 0 Å². The Kier molecular flexibility index (Phi) is 1.97. The first-order valence-corrected chi connectivity index (χ1v) is 5.25. The van der Waals surface area contributed by atoms with Gasteiger partial charge in [-0.2, -0.15) is 5.10 Å². The Bertz CT molecular complexity index is 653. The van der Waals surface area contributed by atoms with Gasteiger partial charge in [-0.1, -0.05) is 23.7 Å². The lowest BCUT2D eigenvalue weighted by atomic mass is 10.3. The fraction of sp³-hybridized carbons (Fsp3) is 0.0909. The molecule has 0 bridgehead atoms. The molecule has 0 aliphatic rings. The van der Waals surface area contributed by atoms with Gasteiger partial charge < -0.3 is 0 Å². The number of fused-ring (bicyclic) bond motifs is 1. The molecule has 0 atom stereocenters. The van der Waals surface area contributed by atoms with E-state index in [1.54, 1.807) is 17.2 Å². The minimum atomic E-state index is 0.616. The molecule has 0 spiro atoms. The molecule has 0 aliphatic heterocycles. The third kappa shape index (κ3) is 1.31. The Labute approximate surface area is 97.1 Å². The zero-order valence-electron chi connectivity index (χ0n) is 8.63.